The third-order valence-electron chi connectivity index (χ3n) is 1.75. The fourth-order valence-electron chi connectivity index (χ4n) is 1.18. The SMILES string of the molecule is CCc1nnc(C)cc1CS(=O)(=O)Cl. The smallest absolute Gasteiger partial charge is 0.212 e. The molecule has 0 aliphatic rings. The number of aryl methyl sites for hydroxylation is 2. The third-order valence-corrected chi connectivity index (χ3v) is 2.73. The van der Waals surface area contributed by atoms with E-state index in [9.17, 15) is 8.42 Å². The van der Waals surface area contributed by atoms with Crippen LogP contribution in [0.4, 0.5) is 0 Å². The van der Waals surface area contributed by atoms with Crippen LogP contribution in [0.25, 0.3) is 0 Å². The van der Waals surface area contributed by atoms with Crippen LogP contribution in [0.3, 0.4) is 0 Å². The largest absolute Gasteiger partial charge is 0.236 e. The molecule has 0 atom stereocenters. The van der Waals surface area contributed by atoms with Gasteiger partial charge in [-0.2, -0.15) is 10.2 Å². The van der Waals surface area contributed by atoms with Crippen LogP contribution in [0.15, 0.2) is 6.07 Å². The van der Waals surface area contributed by atoms with Crippen molar-refractivity contribution in [3.05, 3.63) is 23.0 Å². The number of nitrogens with zero attached hydrogens (tertiary/aromatic N) is 2. The second-order valence-electron chi connectivity index (χ2n) is 2.99. The second kappa shape index (κ2) is 4.23. The van der Waals surface area contributed by atoms with Gasteiger partial charge in [0.1, 0.15) is 0 Å². The molecule has 0 aromatic carbocycles. The highest BCUT2D eigenvalue weighted by Crippen LogP contribution is 2.13. The first kappa shape index (κ1) is 11.4. The topological polar surface area (TPSA) is 59.9 Å². The number of aromatic nitrogens is 2. The van der Waals surface area contributed by atoms with Crippen LogP contribution < -0.4 is 0 Å². The van der Waals surface area contributed by atoms with Crippen molar-refractivity contribution in [2.24, 2.45) is 0 Å². The molecule has 6 heteroatoms. The Labute approximate surface area is 87.7 Å². The molecule has 1 aromatic heterocycles. The minimum atomic E-state index is -3.52. The van der Waals surface area contributed by atoms with Gasteiger partial charge >= 0.3 is 0 Å². The summed E-state index contributed by atoms with van der Waals surface area (Å²) in [5.41, 5.74) is 2.01. The number of hydrogen-bond donors (Lipinski definition) is 0. The first-order valence-electron chi connectivity index (χ1n) is 4.17. The molecule has 0 aliphatic carbocycles. The highest BCUT2D eigenvalue weighted by Gasteiger charge is 2.12. The van der Waals surface area contributed by atoms with E-state index in [1.807, 2.05) is 6.92 Å². The Hall–Kier alpha value is -0.680. The van der Waals surface area contributed by atoms with Crippen molar-refractivity contribution < 1.29 is 8.42 Å². The number of halogens is 1. The van der Waals surface area contributed by atoms with E-state index in [2.05, 4.69) is 10.2 Å². The van der Waals surface area contributed by atoms with E-state index in [1.54, 1.807) is 13.0 Å². The third kappa shape index (κ3) is 3.23. The molecule has 1 aromatic rings. The molecule has 4 nitrogen and oxygen atoms in total. The Morgan fingerprint density at radius 2 is 2.07 bits per heavy atom. The van der Waals surface area contributed by atoms with Gasteiger partial charge in [-0.1, -0.05) is 6.92 Å². The molecular formula is C8H11ClN2O2S. The van der Waals surface area contributed by atoms with E-state index in [0.29, 0.717) is 23.4 Å². The van der Waals surface area contributed by atoms with Gasteiger partial charge < -0.3 is 0 Å². The van der Waals surface area contributed by atoms with Crippen molar-refractivity contribution >= 4 is 19.7 Å². The Kier molecular flexibility index (Phi) is 3.44. The van der Waals surface area contributed by atoms with Gasteiger partial charge in [-0.3, -0.25) is 0 Å². The summed E-state index contributed by atoms with van der Waals surface area (Å²) in [7, 11) is 1.65. The Bertz CT molecular complexity index is 431. The molecule has 14 heavy (non-hydrogen) atoms. The summed E-state index contributed by atoms with van der Waals surface area (Å²) in [6.07, 6.45) is 0.648. The van der Waals surface area contributed by atoms with E-state index in [4.69, 9.17) is 10.7 Å². The van der Waals surface area contributed by atoms with Crippen LogP contribution >= 0.6 is 10.7 Å². The fraction of sp³-hybridized carbons (Fsp3) is 0.500. The van der Waals surface area contributed by atoms with Gasteiger partial charge in [0, 0.05) is 10.7 Å². The number of hydrogen-bond acceptors (Lipinski definition) is 4. The van der Waals surface area contributed by atoms with Crippen LogP contribution in [0.5, 0.6) is 0 Å². The van der Waals surface area contributed by atoms with Gasteiger partial charge in [-0.25, -0.2) is 8.42 Å². The van der Waals surface area contributed by atoms with E-state index in [0.717, 1.165) is 0 Å². The summed E-state index contributed by atoms with van der Waals surface area (Å²) in [6, 6.07) is 1.70. The summed E-state index contributed by atoms with van der Waals surface area (Å²) in [5, 5.41) is 7.76. The highest BCUT2D eigenvalue weighted by atomic mass is 35.7. The normalized spacial score (nSPS) is 11.6. The molecule has 0 amide bonds. The first-order valence-corrected chi connectivity index (χ1v) is 6.64. The number of rotatable bonds is 3. The Morgan fingerprint density at radius 1 is 1.43 bits per heavy atom. The zero-order valence-corrected chi connectivity index (χ0v) is 9.56. The molecule has 0 saturated heterocycles. The second-order valence-corrected chi connectivity index (χ2v) is 5.77. The lowest BCUT2D eigenvalue weighted by molar-refractivity contribution is 0.608. The fourth-order valence-corrected chi connectivity index (χ4v) is 2.15. The van der Waals surface area contributed by atoms with Gasteiger partial charge in [0.25, 0.3) is 0 Å². The van der Waals surface area contributed by atoms with Crippen molar-refractivity contribution in [2.45, 2.75) is 26.0 Å². The highest BCUT2D eigenvalue weighted by molar-refractivity contribution is 8.13. The van der Waals surface area contributed by atoms with Crippen molar-refractivity contribution in [1.29, 1.82) is 0 Å². The molecule has 0 fully saturated rings. The molecule has 0 unspecified atom stereocenters. The zero-order chi connectivity index (χ0) is 10.8. The molecule has 0 saturated carbocycles. The van der Waals surface area contributed by atoms with E-state index in [-0.39, 0.29) is 5.75 Å². The minimum absolute atomic E-state index is 0.186. The van der Waals surface area contributed by atoms with E-state index >= 15 is 0 Å². The molecular weight excluding hydrogens is 224 g/mol. The van der Waals surface area contributed by atoms with Crippen molar-refractivity contribution in [2.75, 3.05) is 0 Å². The average molecular weight is 235 g/mol. The predicted octanol–water partition coefficient (Wildman–Crippen LogP) is 1.42. The maximum absolute atomic E-state index is 10.9. The lowest BCUT2D eigenvalue weighted by atomic mass is 10.2. The molecule has 1 rings (SSSR count). The molecule has 0 spiro atoms. The van der Waals surface area contributed by atoms with Crippen molar-refractivity contribution in [3.63, 3.8) is 0 Å². The molecule has 0 aliphatic heterocycles. The maximum atomic E-state index is 10.9. The summed E-state index contributed by atoms with van der Waals surface area (Å²) in [6.45, 7) is 3.65. The summed E-state index contributed by atoms with van der Waals surface area (Å²) in [5.74, 6) is -0.186. The van der Waals surface area contributed by atoms with Gasteiger partial charge in [-0.05, 0) is 25.0 Å². The lowest BCUT2D eigenvalue weighted by Gasteiger charge is -2.04. The van der Waals surface area contributed by atoms with Gasteiger partial charge in [-0.15, -0.1) is 0 Å². The minimum Gasteiger partial charge on any atom is -0.212 e. The van der Waals surface area contributed by atoms with Gasteiger partial charge in [0.05, 0.1) is 17.1 Å². The van der Waals surface area contributed by atoms with E-state index in [1.165, 1.54) is 0 Å². The first-order chi connectivity index (χ1) is 6.42. The standard InChI is InChI=1S/C8H11ClN2O2S/c1-3-8-7(5-14(9,12)13)4-6(2)10-11-8/h4H,3,5H2,1-2H3. The summed E-state index contributed by atoms with van der Waals surface area (Å²) < 4.78 is 21.8. The van der Waals surface area contributed by atoms with Crippen LogP contribution in [0, 0.1) is 6.92 Å². The van der Waals surface area contributed by atoms with Crippen LogP contribution in [-0.4, -0.2) is 18.6 Å². The predicted molar refractivity (Wildman–Crippen MR) is 54.6 cm³/mol. The molecule has 0 bridgehead atoms. The van der Waals surface area contributed by atoms with Crippen LogP contribution in [0.2, 0.25) is 0 Å². The Balaban J connectivity index is 3.11. The summed E-state index contributed by atoms with van der Waals surface area (Å²) >= 11 is 0. The van der Waals surface area contributed by atoms with Gasteiger partial charge in [0.2, 0.25) is 9.05 Å². The maximum Gasteiger partial charge on any atom is 0.236 e. The molecule has 78 valence electrons. The quantitative estimate of drug-likeness (QED) is 0.742. The lowest BCUT2D eigenvalue weighted by Crippen LogP contribution is -2.04. The Morgan fingerprint density at radius 3 is 2.57 bits per heavy atom. The average Bonchev–Trinajstić information content (AvgIpc) is 2.01. The van der Waals surface area contributed by atoms with Crippen LogP contribution in [0.1, 0.15) is 23.9 Å². The zero-order valence-electron chi connectivity index (χ0n) is 7.99. The monoisotopic (exact) mass is 234 g/mol. The summed E-state index contributed by atoms with van der Waals surface area (Å²) in [4.78, 5) is 0. The molecule has 1 heterocycles. The van der Waals surface area contributed by atoms with E-state index < -0.39 is 9.05 Å². The molecule has 0 radical (unpaired) electrons. The van der Waals surface area contributed by atoms with Gasteiger partial charge in [0.15, 0.2) is 0 Å². The van der Waals surface area contributed by atoms with Crippen molar-refractivity contribution in [3.8, 4) is 0 Å². The van der Waals surface area contributed by atoms with Crippen molar-refractivity contribution in [1.82, 2.24) is 10.2 Å². The molecule has 0 N–H and O–H groups in total. The van der Waals surface area contributed by atoms with Crippen LogP contribution in [-0.2, 0) is 21.2 Å².